The van der Waals surface area contributed by atoms with Crippen LogP contribution in [0.25, 0.3) is 0 Å². The van der Waals surface area contributed by atoms with E-state index in [1.54, 1.807) is 0 Å². The van der Waals surface area contributed by atoms with E-state index in [2.05, 4.69) is 22.2 Å². The van der Waals surface area contributed by atoms with Crippen LogP contribution in [0.15, 0.2) is 0 Å². The number of carbonyl (C=O) groups is 1. The van der Waals surface area contributed by atoms with Gasteiger partial charge in [0.05, 0.1) is 6.04 Å². The number of carbonyl (C=O) groups excluding carboxylic acids is 1. The van der Waals surface area contributed by atoms with Crippen molar-refractivity contribution in [2.75, 3.05) is 59.9 Å². The molecule has 2 unspecified atom stereocenters. The van der Waals surface area contributed by atoms with Crippen molar-refractivity contribution in [2.24, 2.45) is 5.92 Å². The second kappa shape index (κ2) is 6.68. The van der Waals surface area contributed by atoms with E-state index in [4.69, 9.17) is 0 Å². The molecule has 2 rings (SSSR count). The zero-order chi connectivity index (χ0) is 13.8. The van der Waals surface area contributed by atoms with Crippen LogP contribution in [0.1, 0.15) is 13.3 Å². The topological polar surface area (TPSA) is 38.8 Å². The monoisotopic (exact) mass is 268 g/mol. The van der Waals surface area contributed by atoms with Crippen molar-refractivity contribution in [2.45, 2.75) is 19.4 Å². The first-order valence-corrected chi connectivity index (χ1v) is 7.46. The predicted molar refractivity (Wildman–Crippen MR) is 77.1 cm³/mol. The molecule has 2 saturated heterocycles. The number of hydrogen-bond acceptors (Lipinski definition) is 4. The van der Waals surface area contributed by atoms with Crippen molar-refractivity contribution < 1.29 is 4.79 Å². The molecule has 2 heterocycles. The van der Waals surface area contributed by atoms with E-state index in [1.165, 1.54) is 13.0 Å². The summed E-state index contributed by atoms with van der Waals surface area (Å²) in [5.74, 6) is 0.922. The van der Waals surface area contributed by atoms with Crippen LogP contribution in [0.3, 0.4) is 0 Å². The molecule has 1 N–H and O–H groups in total. The first kappa shape index (κ1) is 14.8. The van der Waals surface area contributed by atoms with Crippen LogP contribution in [0.2, 0.25) is 0 Å². The van der Waals surface area contributed by atoms with Gasteiger partial charge in [0, 0.05) is 46.3 Å². The van der Waals surface area contributed by atoms with Gasteiger partial charge >= 0.3 is 0 Å². The Morgan fingerprint density at radius 2 is 2.05 bits per heavy atom. The molecule has 0 aliphatic carbocycles. The van der Waals surface area contributed by atoms with Crippen LogP contribution in [0.5, 0.6) is 0 Å². The lowest BCUT2D eigenvalue weighted by atomic mass is 10.1. The Labute approximate surface area is 116 Å². The zero-order valence-corrected chi connectivity index (χ0v) is 12.6. The highest BCUT2D eigenvalue weighted by atomic mass is 16.2. The summed E-state index contributed by atoms with van der Waals surface area (Å²) in [5, 5.41) is 3.33. The van der Waals surface area contributed by atoms with E-state index in [-0.39, 0.29) is 11.9 Å². The Morgan fingerprint density at radius 1 is 1.37 bits per heavy atom. The molecule has 1 amide bonds. The van der Waals surface area contributed by atoms with E-state index in [0.29, 0.717) is 5.92 Å². The van der Waals surface area contributed by atoms with Gasteiger partial charge in [-0.1, -0.05) is 0 Å². The maximum absolute atomic E-state index is 12.5. The molecule has 0 bridgehead atoms. The Kier molecular flexibility index (Phi) is 5.19. The summed E-state index contributed by atoms with van der Waals surface area (Å²) in [6.45, 7) is 9.19. The SMILES string of the molecule is CC(C(=O)N(C)CC1CCN(C)C1)N1CCNCC1. The van der Waals surface area contributed by atoms with Gasteiger partial charge in [-0.25, -0.2) is 0 Å². The molecule has 2 fully saturated rings. The van der Waals surface area contributed by atoms with E-state index < -0.39 is 0 Å². The number of hydrogen-bond donors (Lipinski definition) is 1. The molecule has 19 heavy (non-hydrogen) atoms. The van der Waals surface area contributed by atoms with Gasteiger partial charge < -0.3 is 15.1 Å². The molecule has 0 aromatic carbocycles. The van der Waals surface area contributed by atoms with E-state index >= 15 is 0 Å². The second-order valence-corrected chi connectivity index (χ2v) is 6.10. The highest BCUT2D eigenvalue weighted by molar-refractivity contribution is 5.81. The number of likely N-dealkylation sites (N-methyl/N-ethyl adjacent to an activating group) is 1. The summed E-state index contributed by atoms with van der Waals surface area (Å²) < 4.78 is 0. The third-order valence-corrected chi connectivity index (χ3v) is 4.45. The number of nitrogens with one attached hydrogen (secondary N) is 1. The fraction of sp³-hybridized carbons (Fsp3) is 0.929. The van der Waals surface area contributed by atoms with Gasteiger partial charge in [0.15, 0.2) is 0 Å². The van der Waals surface area contributed by atoms with Crippen molar-refractivity contribution in [3.63, 3.8) is 0 Å². The van der Waals surface area contributed by atoms with Gasteiger partial charge in [0.2, 0.25) is 5.91 Å². The maximum Gasteiger partial charge on any atom is 0.239 e. The molecule has 0 saturated carbocycles. The highest BCUT2D eigenvalue weighted by Crippen LogP contribution is 2.16. The third kappa shape index (κ3) is 3.91. The van der Waals surface area contributed by atoms with E-state index in [9.17, 15) is 4.79 Å². The van der Waals surface area contributed by atoms with Crippen molar-refractivity contribution in [1.29, 1.82) is 0 Å². The number of likely N-dealkylation sites (tertiary alicyclic amines) is 1. The average Bonchev–Trinajstić information content (AvgIpc) is 2.83. The standard InChI is InChI=1S/C14H28N4O/c1-12(18-8-5-15-6-9-18)14(19)17(3)11-13-4-7-16(2)10-13/h12-13,15H,4-11H2,1-3H3. The van der Waals surface area contributed by atoms with Crippen LogP contribution in [0.4, 0.5) is 0 Å². The summed E-state index contributed by atoms with van der Waals surface area (Å²) >= 11 is 0. The Bertz CT molecular complexity index is 304. The highest BCUT2D eigenvalue weighted by Gasteiger charge is 2.28. The summed E-state index contributed by atoms with van der Waals surface area (Å²) in [6.07, 6.45) is 1.22. The molecular weight excluding hydrogens is 240 g/mol. The molecule has 0 spiro atoms. The van der Waals surface area contributed by atoms with Crippen molar-refractivity contribution in [1.82, 2.24) is 20.0 Å². The Balaban J connectivity index is 1.80. The van der Waals surface area contributed by atoms with Crippen LogP contribution in [0, 0.1) is 5.92 Å². The van der Waals surface area contributed by atoms with E-state index in [0.717, 1.165) is 39.3 Å². The number of nitrogens with zero attached hydrogens (tertiary/aromatic N) is 3. The lowest BCUT2D eigenvalue weighted by Gasteiger charge is -2.34. The van der Waals surface area contributed by atoms with Crippen LogP contribution in [-0.2, 0) is 4.79 Å². The molecule has 5 heteroatoms. The lowest BCUT2D eigenvalue weighted by molar-refractivity contribution is -0.135. The Hall–Kier alpha value is -0.650. The summed E-state index contributed by atoms with van der Waals surface area (Å²) in [5.41, 5.74) is 0. The zero-order valence-electron chi connectivity index (χ0n) is 12.6. The third-order valence-electron chi connectivity index (χ3n) is 4.45. The van der Waals surface area contributed by atoms with Gasteiger partial charge in [0.25, 0.3) is 0 Å². The minimum atomic E-state index is 0.0197. The Morgan fingerprint density at radius 3 is 2.63 bits per heavy atom. The van der Waals surface area contributed by atoms with Crippen LogP contribution < -0.4 is 5.32 Å². The van der Waals surface area contributed by atoms with Crippen LogP contribution in [-0.4, -0.2) is 86.6 Å². The molecule has 2 atom stereocenters. The van der Waals surface area contributed by atoms with Gasteiger partial charge in [-0.05, 0) is 32.9 Å². The molecule has 2 aliphatic heterocycles. The first-order valence-electron chi connectivity index (χ1n) is 7.46. The van der Waals surface area contributed by atoms with Gasteiger partial charge in [-0.3, -0.25) is 9.69 Å². The molecule has 0 aromatic heterocycles. The van der Waals surface area contributed by atoms with Crippen molar-refractivity contribution in [3.05, 3.63) is 0 Å². The lowest BCUT2D eigenvalue weighted by Crippen LogP contribution is -2.53. The molecule has 5 nitrogen and oxygen atoms in total. The first-order chi connectivity index (χ1) is 9.08. The molecule has 110 valence electrons. The van der Waals surface area contributed by atoms with Crippen LogP contribution >= 0.6 is 0 Å². The molecular formula is C14H28N4O. The number of piperazine rings is 1. The van der Waals surface area contributed by atoms with Crippen molar-refractivity contribution in [3.8, 4) is 0 Å². The normalized spacial score (nSPS) is 27.4. The second-order valence-electron chi connectivity index (χ2n) is 6.10. The number of rotatable bonds is 4. The smallest absolute Gasteiger partial charge is 0.239 e. The predicted octanol–water partition coefficient (Wildman–Crippen LogP) is -0.310. The van der Waals surface area contributed by atoms with Crippen molar-refractivity contribution >= 4 is 5.91 Å². The summed E-state index contributed by atoms with van der Waals surface area (Å²) in [4.78, 5) is 19.0. The average molecular weight is 268 g/mol. The van der Waals surface area contributed by atoms with E-state index in [1.807, 2.05) is 18.9 Å². The fourth-order valence-electron chi connectivity index (χ4n) is 3.20. The molecule has 0 aromatic rings. The summed E-state index contributed by atoms with van der Waals surface area (Å²) in [7, 11) is 4.12. The van der Waals surface area contributed by atoms with Gasteiger partial charge in [-0.15, -0.1) is 0 Å². The summed E-state index contributed by atoms with van der Waals surface area (Å²) in [6, 6.07) is 0.0197. The minimum Gasteiger partial charge on any atom is -0.344 e. The largest absolute Gasteiger partial charge is 0.344 e. The maximum atomic E-state index is 12.5. The number of amides is 1. The van der Waals surface area contributed by atoms with Gasteiger partial charge in [0.1, 0.15) is 0 Å². The fourth-order valence-corrected chi connectivity index (χ4v) is 3.20. The van der Waals surface area contributed by atoms with Gasteiger partial charge in [-0.2, -0.15) is 0 Å². The minimum absolute atomic E-state index is 0.0197. The molecule has 0 radical (unpaired) electrons. The quantitative estimate of drug-likeness (QED) is 0.759. The molecule has 2 aliphatic rings.